The quantitative estimate of drug-likeness (QED) is 0.750. The number of anilines is 1. The van der Waals surface area contributed by atoms with E-state index in [0.29, 0.717) is 17.3 Å². The molecule has 2 aromatic rings. The number of hydrogen-bond acceptors (Lipinski definition) is 4. The highest BCUT2D eigenvalue weighted by atomic mass is 16.4. The molecular formula is C10H13N3O. The minimum atomic E-state index is 0.269. The number of rotatable bonds is 1. The van der Waals surface area contributed by atoms with Crippen LogP contribution in [0, 0.1) is 6.92 Å². The van der Waals surface area contributed by atoms with Gasteiger partial charge in [-0.15, -0.1) is 0 Å². The first kappa shape index (κ1) is 8.99. The van der Waals surface area contributed by atoms with Crippen LogP contribution in [0.25, 0.3) is 11.2 Å². The summed E-state index contributed by atoms with van der Waals surface area (Å²) in [4.78, 5) is 8.53. The number of pyridine rings is 1. The van der Waals surface area contributed by atoms with Crippen LogP contribution in [0.4, 0.5) is 5.69 Å². The van der Waals surface area contributed by atoms with E-state index in [4.69, 9.17) is 10.2 Å². The predicted octanol–water partition coefficient (Wildman–Crippen LogP) is 2.24. The minimum absolute atomic E-state index is 0.269. The Bertz CT molecular complexity index is 434. The number of oxazole rings is 1. The van der Waals surface area contributed by atoms with E-state index in [2.05, 4.69) is 9.97 Å². The molecule has 74 valence electrons. The third-order valence-corrected chi connectivity index (χ3v) is 2.12. The summed E-state index contributed by atoms with van der Waals surface area (Å²) in [5.74, 6) is 0.975. The Kier molecular flexibility index (Phi) is 1.91. The summed E-state index contributed by atoms with van der Waals surface area (Å²) < 4.78 is 5.49. The van der Waals surface area contributed by atoms with Crippen molar-refractivity contribution >= 4 is 16.9 Å². The fourth-order valence-corrected chi connectivity index (χ4v) is 1.23. The normalized spacial score (nSPS) is 11.4. The van der Waals surface area contributed by atoms with Crippen LogP contribution >= 0.6 is 0 Å². The lowest BCUT2D eigenvalue weighted by Crippen LogP contribution is -1.92. The Labute approximate surface area is 82.1 Å². The van der Waals surface area contributed by atoms with Gasteiger partial charge in [-0.25, -0.2) is 9.97 Å². The summed E-state index contributed by atoms with van der Waals surface area (Å²) in [6.07, 6.45) is 0. The number of aromatic nitrogens is 2. The number of nitrogens with two attached hydrogens (primary N) is 1. The van der Waals surface area contributed by atoms with Gasteiger partial charge in [0.05, 0.1) is 11.4 Å². The number of hydrogen-bond donors (Lipinski definition) is 1. The molecule has 0 saturated heterocycles. The van der Waals surface area contributed by atoms with E-state index in [0.717, 1.165) is 11.2 Å². The number of fused-ring (bicyclic) bond motifs is 1. The van der Waals surface area contributed by atoms with Gasteiger partial charge in [0.15, 0.2) is 5.89 Å². The van der Waals surface area contributed by atoms with Crippen LogP contribution < -0.4 is 5.73 Å². The largest absolute Gasteiger partial charge is 0.422 e. The molecule has 2 rings (SSSR count). The smallest absolute Gasteiger partial charge is 0.247 e. The fourth-order valence-electron chi connectivity index (χ4n) is 1.23. The van der Waals surface area contributed by atoms with E-state index < -0.39 is 0 Å². The molecule has 0 aromatic carbocycles. The lowest BCUT2D eigenvalue weighted by Gasteiger charge is -1.95. The number of aryl methyl sites for hydroxylation is 1. The van der Waals surface area contributed by atoms with Crippen LogP contribution in [-0.4, -0.2) is 9.97 Å². The lowest BCUT2D eigenvalue weighted by molar-refractivity contribution is 0.494. The third-order valence-electron chi connectivity index (χ3n) is 2.12. The molecule has 0 aliphatic rings. The summed E-state index contributed by atoms with van der Waals surface area (Å²) in [6.45, 7) is 5.91. The van der Waals surface area contributed by atoms with Gasteiger partial charge in [0.2, 0.25) is 5.71 Å². The van der Waals surface area contributed by atoms with Crippen molar-refractivity contribution in [2.24, 2.45) is 0 Å². The highest BCUT2D eigenvalue weighted by Crippen LogP contribution is 2.22. The molecular weight excluding hydrogens is 178 g/mol. The molecule has 0 unspecified atom stereocenters. The second-order valence-electron chi connectivity index (χ2n) is 3.69. The van der Waals surface area contributed by atoms with Crippen molar-refractivity contribution in [3.05, 3.63) is 17.7 Å². The molecule has 2 heterocycles. The van der Waals surface area contributed by atoms with E-state index >= 15 is 0 Å². The van der Waals surface area contributed by atoms with Gasteiger partial charge in [0.1, 0.15) is 5.52 Å². The molecule has 4 nitrogen and oxygen atoms in total. The first-order valence-corrected chi connectivity index (χ1v) is 4.61. The first-order chi connectivity index (χ1) is 6.58. The predicted molar refractivity (Wildman–Crippen MR) is 55.0 cm³/mol. The average molecular weight is 191 g/mol. The molecule has 0 saturated carbocycles. The zero-order chi connectivity index (χ0) is 10.3. The molecule has 0 bridgehead atoms. The molecule has 0 spiro atoms. The van der Waals surface area contributed by atoms with Gasteiger partial charge in [-0.05, 0) is 13.0 Å². The Hall–Kier alpha value is -1.58. The zero-order valence-electron chi connectivity index (χ0n) is 8.53. The minimum Gasteiger partial charge on any atom is -0.422 e. The molecule has 0 aliphatic carbocycles. The SMILES string of the molecule is Cc1nc2oc(C(C)C)nc2cc1N. The van der Waals surface area contributed by atoms with Gasteiger partial charge in [-0.1, -0.05) is 13.8 Å². The van der Waals surface area contributed by atoms with Gasteiger partial charge in [-0.2, -0.15) is 0 Å². The Morgan fingerprint density at radius 1 is 1.36 bits per heavy atom. The van der Waals surface area contributed by atoms with Crippen molar-refractivity contribution in [3.63, 3.8) is 0 Å². The molecule has 4 heteroatoms. The lowest BCUT2D eigenvalue weighted by atomic mass is 10.2. The Morgan fingerprint density at radius 3 is 2.71 bits per heavy atom. The van der Waals surface area contributed by atoms with Crippen molar-refractivity contribution in [2.75, 3.05) is 5.73 Å². The second kappa shape index (κ2) is 2.97. The van der Waals surface area contributed by atoms with E-state index in [-0.39, 0.29) is 5.92 Å². The van der Waals surface area contributed by atoms with E-state index in [1.165, 1.54) is 0 Å². The average Bonchev–Trinajstić information content (AvgIpc) is 2.48. The van der Waals surface area contributed by atoms with Crippen molar-refractivity contribution in [2.45, 2.75) is 26.7 Å². The molecule has 0 amide bonds. The molecule has 0 aliphatic heterocycles. The van der Waals surface area contributed by atoms with Crippen molar-refractivity contribution in [3.8, 4) is 0 Å². The fraction of sp³-hybridized carbons (Fsp3) is 0.400. The Balaban J connectivity index is 2.66. The first-order valence-electron chi connectivity index (χ1n) is 4.61. The van der Waals surface area contributed by atoms with Gasteiger partial charge in [0, 0.05) is 5.92 Å². The standard InChI is InChI=1S/C10H13N3O/c1-5(2)9-13-8-4-7(11)6(3)12-10(8)14-9/h4-5H,11H2,1-3H3. The van der Waals surface area contributed by atoms with Gasteiger partial charge in [0.25, 0.3) is 0 Å². The molecule has 0 atom stereocenters. The molecule has 2 aromatic heterocycles. The monoisotopic (exact) mass is 191 g/mol. The van der Waals surface area contributed by atoms with Crippen LogP contribution in [0.15, 0.2) is 10.5 Å². The van der Waals surface area contributed by atoms with Gasteiger partial charge in [-0.3, -0.25) is 0 Å². The van der Waals surface area contributed by atoms with E-state index in [1.54, 1.807) is 6.07 Å². The van der Waals surface area contributed by atoms with Crippen molar-refractivity contribution in [1.82, 2.24) is 9.97 Å². The van der Waals surface area contributed by atoms with Crippen molar-refractivity contribution < 1.29 is 4.42 Å². The summed E-state index contributed by atoms with van der Waals surface area (Å²) in [5.41, 5.74) is 8.47. The van der Waals surface area contributed by atoms with Crippen LogP contribution in [0.1, 0.15) is 31.4 Å². The maximum Gasteiger partial charge on any atom is 0.247 e. The van der Waals surface area contributed by atoms with E-state index in [9.17, 15) is 0 Å². The molecule has 0 radical (unpaired) electrons. The maximum atomic E-state index is 5.73. The number of nitrogens with zero attached hydrogens (tertiary/aromatic N) is 2. The summed E-state index contributed by atoms with van der Waals surface area (Å²) in [7, 11) is 0. The maximum absolute atomic E-state index is 5.73. The molecule has 0 fully saturated rings. The highest BCUT2D eigenvalue weighted by molar-refractivity contribution is 5.73. The van der Waals surface area contributed by atoms with Crippen LogP contribution in [0.2, 0.25) is 0 Å². The zero-order valence-corrected chi connectivity index (χ0v) is 8.53. The topological polar surface area (TPSA) is 64.9 Å². The van der Waals surface area contributed by atoms with E-state index in [1.807, 2.05) is 20.8 Å². The van der Waals surface area contributed by atoms with Gasteiger partial charge >= 0.3 is 0 Å². The third kappa shape index (κ3) is 1.32. The molecule has 14 heavy (non-hydrogen) atoms. The summed E-state index contributed by atoms with van der Waals surface area (Å²) >= 11 is 0. The highest BCUT2D eigenvalue weighted by Gasteiger charge is 2.11. The van der Waals surface area contributed by atoms with Gasteiger partial charge < -0.3 is 10.2 Å². The second-order valence-corrected chi connectivity index (χ2v) is 3.69. The Morgan fingerprint density at radius 2 is 2.07 bits per heavy atom. The van der Waals surface area contributed by atoms with Crippen LogP contribution in [0.3, 0.4) is 0 Å². The van der Waals surface area contributed by atoms with Crippen molar-refractivity contribution in [1.29, 1.82) is 0 Å². The van der Waals surface area contributed by atoms with Crippen LogP contribution in [0.5, 0.6) is 0 Å². The molecule has 2 N–H and O–H groups in total. The summed E-state index contributed by atoms with van der Waals surface area (Å²) in [5, 5.41) is 0. The summed E-state index contributed by atoms with van der Waals surface area (Å²) in [6, 6.07) is 1.80. The number of nitrogen functional groups attached to an aromatic ring is 1. The van der Waals surface area contributed by atoms with Crippen LogP contribution in [-0.2, 0) is 0 Å².